The molecule has 2 aromatic heterocycles. The Bertz CT molecular complexity index is 1570. The van der Waals surface area contributed by atoms with Crippen molar-refractivity contribution in [2.24, 2.45) is 0 Å². The Hall–Kier alpha value is -3.55. The Morgan fingerprint density at radius 3 is 2.63 bits per heavy atom. The number of hydrogen-bond acceptors (Lipinski definition) is 4. The summed E-state index contributed by atoms with van der Waals surface area (Å²) in [5.41, 5.74) is 2.26. The first-order chi connectivity index (χ1) is 18.2. The molecule has 1 aliphatic heterocycles. The maximum absolute atomic E-state index is 14.3. The van der Waals surface area contributed by atoms with Gasteiger partial charge in [0.05, 0.1) is 40.9 Å². The first-order valence-electron chi connectivity index (χ1n) is 12.2. The van der Waals surface area contributed by atoms with Gasteiger partial charge in [-0.1, -0.05) is 29.3 Å². The van der Waals surface area contributed by atoms with Crippen molar-refractivity contribution in [2.45, 2.75) is 57.7 Å². The zero-order valence-corrected chi connectivity index (χ0v) is 22.4. The van der Waals surface area contributed by atoms with Gasteiger partial charge in [0.25, 0.3) is 0 Å². The molecule has 4 aromatic rings. The van der Waals surface area contributed by atoms with Gasteiger partial charge in [-0.3, -0.25) is 4.79 Å². The summed E-state index contributed by atoms with van der Waals surface area (Å²) in [5.74, 6) is -1.73. The van der Waals surface area contributed by atoms with Gasteiger partial charge in [-0.25, -0.2) is 8.78 Å². The van der Waals surface area contributed by atoms with Crippen LogP contribution in [0.2, 0.25) is 0 Å². The van der Waals surface area contributed by atoms with Gasteiger partial charge in [0, 0.05) is 34.3 Å². The van der Waals surface area contributed by atoms with Crippen molar-refractivity contribution < 1.29 is 28.2 Å². The van der Waals surface area contributed by atoms with E-state index in [2.05, 4.69) is 32.0 Å². The predicted molar refractivity (Wildman–Crippen MR) is 142 cm³/mol. The van der Waals surface area contributed by atoms with Crippen molar-refractivity contribution in [1.29, 1.82) is 5.26 Å². The second-order valence-corrected chi connectivity index (χ2v) is 10.2. The van der Waals surface area contributed by atoms with Gasteiger partial charge in [0.15, 0.2) is 0 Å². The smallest absolute Gasteiger partial charge is 0.306 e. The minimum absolute atomic E-state index is 0.200. The van der Waals surface area contributed by atoms with E-state index in [0.29, 0.717) is 41.4 Å². The minimum atomic E-state index is -1.02. The SMILES string of the molecule is CCCC1(CC(=O)O)OC(C)Cc2c1[nH]c1c(F)ccc(C#N)c21.O=CCc1c[nH]c2c(F)ccc(Br)c12. The van der Waals surface area contributed by atoms with E-state index in [1.54, 1.807) is 12.3 Å². The number of nitrogens with one attached hydrogen (secondary N) is 2. The number of H-pyrrole nitrogens is 2. The molecule has 38 heavy (non-hydrogen) atoms. The number of aromatic nitrogens is 2. The van der Waals surface area contributed by atoms with Crippen LogP contribution in [-0.4, -0.2) is 33.4 Å². The number of carbonyl (C=O) groups is 2. The fourth-order valence-corrected chi connectivity index (χ4v) is 5.92. The standard InChI is InChI=1S/C18H19FN2O3.C10H7BrFNO/c1-3-6-18(8-14(22)23)17-12(7-10(2)24-18)15-11(9-20)4-5-13(19)16(15)21-17;11-7-1-2-8(12)10-9(7)6(3-4-14)5-13-10/h4-5,10,21H,3,6-8H2,1-2H3,(H,22,23);1-2,4-5,13H,3H2. The number of hydrogen-bond donors (Lipinski definition) is 3. The fourth-order valence-electron chi connectivity index (χ4n) is 5.34. The second-order valence-electron chi connectivity index (χ2n) is 9.35. The van der Waals surface area contributed by atoms with Gasteiger partial charge >= 0.3 is 5.97 Å². The Kier molecular flexibility index (Phi) is 7.99. The Balaban J connectivity index is 0.000000204. The molecule has 3 heterocycles. The maximum Gasteiger partial charge on any atom is 0.306 e. The lowest BCUT2D eigenvalue weighted by Crippen LogP contribution is -2.41. The number of ether oxygens (including phenoxy) is 1. The summed E-state index contributed by atoms with van der Waals surface area (Å²) in [6, 6.07) is 7.84. The molecule has 0 bridgehead atoms. The largest absolute Gasteiger partial charge is 0.481 e. The number of aldehydes is 1. The first-order valence-corrected chi connectivity index (χ1v) is 13.0. The van der Waals surface area contributed by atoms with Crippen molar-refractivity contribution >= 4 is 50.0 Å². The number of carboxylic acid groups (broad SMARTS) is 1. The molecule has 10 heteroatoms. The third-order valence-corrected chi connectivity index (χ3v) is 7.37. The van der Waals surface area contributed by atoms with E-state index in [-0.39, 0.29) is 23.9 Å². The van der Waals surface area contributed by atoms with Crippen LogP contribution in [0.4, 0.5) is 8.78 Å². The molecule has 0 aliphatic carbocycles. The molecule has 5 rings (SSSR count). The van der Waals surface area contributed by atoms with E-state index in [1.807, 2.05) is 13.8 Å². The van der Waals surface area contributed by atoms with Crippen molar-refractivity contribution in [3.05, 3.63) is 69.0 Å². The van der Waals surface area contributed by atoms with Crippen LogP contribution >= 0.6 is 15.9 Å². The summed E-state index contributed by atoms with van der Waals surface area (Å²) < 4.78 is 34.4. The number of aliphatic carboxylic acids is 1. The first kappa shape index (κ1) is 27.5. The van der Waals surface area contributed by atoms with Gasteiger partial charge in [-0.05, 0) is 48.7 Å². The van der Waals surface area contributed by atoms with Crippen LogP contribution < -0.4 is 0 Å². The van der Waals surface area contributed by atoms with E-state index in [9.17, 15) is 28.7 Å². The molecule has 1 aliphatic rings. The van der Waals surface area contributed by atoms with Gasteiger partial charge < -0.3 is 24.6 Å². The number of nitriles is 1. The molecule has 0 spiro atoms. The fraction of sp³-hybridized carbons (Fsp3) is 0.321. The van der Waals surface area contributed by atoms with Crippen molar-refractivity contribution in [3.63, 3.8) is 0 Å². The van der Waals surface area contributed by atoms with E-state index in [1.165, 1.54) is 18.2 Å². The van der Waals surface area contributed by atoms with Gasteiger partial charge in [-0.15, -0.1) is 0 Å². The van der Waals surface area contributed by atoms with Crippen LogP contribution in [0.1, 0.15) is 55.5 Å². The normalized spacial score (nSPS) is 18.5. The van der Waals surface area contributed by atoms with Crippen LogP contribution in [0.5, 0.6) is 0 Å². The number of rotatable bonds is 6. The van der Waals surface area contributed by atoms with Crippen LogP contribution in [0, 0.1) is 23.0 Å². The molecule has 0 saturated heterocycles. The highest BCUT2D eigenvalue weighted by Crippen LogP contribution is 2.45. The van der Waals surface area contributed by atoms with E-state index < -0.39 is 17.4 Å². The average molecular weight is 586 g/mol. The zero-order valence-electron chi connectivity index (χ0n) is 20.8. The highest BCUT2D eigenvalue weighted by Gasteiger charge is 2.44. The Labute approximate surface area is 225 Å². The summed E-state index contributed by atoms with van der Waals surface area (Å²) >= 11 is 3.33. The molecule has 0 fully saturated rings. The number of nitrogens with zero attached hydrogens (tertiary/aromatic N) is 1. The number of aromatic amines is 2. The lowest BCUT2D eigenvalue weighted by atomic mass is 9.83. The quantitative estimate of drug-likeness (QED) is 0.225. The molecule has 198 valence electrons. The third kappa shape index (κ3) is 4.96. The lowest BCUT2D eigenvalue weighted by molar-refractivity contribution is -0.156. The number of fused-ring (bicyclic) bond motifs is 4. The van der Waals surface area contributed by atoms with Crippen LogP contribution in [0.3, 0.4) is 0 Å². The summed E-state index contributed by atoms with van der Waals surface area (Å²) in [6.45, 7) is 3.83. The summed E-state index contributed by atoms with van der Waals surface area (Å²) in [6.07, 6.45) is 4.09. The number of carboxylic acids is 1. The van der Waals surface area contributed by atoms with Crippen LogP contribution in [0.25, 0.3) is 21.8 Å². The summed E-state index contributed by atoms with van der Waals surface area (Å²) in [5, 5.41) is 20.1. The molecule has 7 nitrogen and oxygen atoms in total. The highest BCUT2D eigenvalue weighted by molar-refractivity contribution is 9.10. The lowest BCUT2D eigenvalue weighted by Gasteiger charge is -2.39. The van der Waals surface area contributed by atoms with Gasteiger partial charge in [0.1, 0.15) is 23.5 Å². The highest BCUT2D eigenvalue weighted by atomic mass is 79.9. The van der Waals surface area contributed by atoms with Gasteiger partial charge in [-0.2, -0.15) is 5.26 Å². The van der Waals surface area contributed by atoms with E-state index in [0.717, 1.165) is 33.7 Å². The van der Waals surface area contributed by atoms with Crippen LogP contribution in [0.15, 0.2) is 34.9 Å². The topological polar surface area (TPSA) is 119 Å². The monoisotopic (exact) mass is 585 g/mol. The number of benzene rings is 2. The molecule has 3 N–H and O–H groups in total. The molecule has 0 radical (unpaired) electrons. The average Bonchev–Trinajstić information content (AvgIpc) is 3.46. The second kappa shape index (κ2) is 11.1. The molecular formula is C28H26BrF2N3O4. The van der Waals surface area contributed by atoms with Crippen molar-refractivity contribution in [1.82, 2.24) is 9.97 Å². The van der Waals surface area contributed by atoms with Crippen molar-refractivity contribution in [3.8, 4) is 6.07 Å². The van der Waals surface area contributed by atoms with E-state index in [4.69, 9.17) is 4.74 Å². The Morgan fingerprint density at radius 1 is 1.26 bits per heavy atom. The third-order valence-electron chi connectivity index (χ3n) is 6.71. The zero-order chi connectivity index (χ0) is 27.6. The predicted octanol–water partition coefficient (Wildman–Crippen LogP) is 6.42. The maximum atomic E-state index is 14.3. The number of halogens is 3. The molecule has 2 unspecified atom stereocenters. The Morgan fingerprint density at radius 2 is 1.97 bits per heavy atom. The molecule has 2 atom stereocenters. The van der Waals surface area contributed by atoms with Gasteiger partial charge in [0.2, 0.25) is 0 Å². The minimum Gasteiger partial charge on any atom is -0.481 e. The summed E-state index contributed by atoms with van der Waals surface area (Å²) in [4.78, 5) is 27.7. The molecule has 0 amide bonds. The van der Waals surface area contributed by atoms with Crippen LogP contribution in [-0.2, 0) is 32.8 Å². The summed E-state index contributed by atoms with van der Waals surface area (Å²) in [7, 11) is 0. The molecular weight excluding hydrogens is 560 g/mol. The van der Waals surface area contributed by atoms with Crippen molar-refractivity contribution in [2.75, 3.05) is 0 Å². The number of carbonyl (C=O) groups excluding carboxylic acids is 1. The molecule has 2 aromatic carbocycles. The molecule has 0 saturated carbocycles. The van der Waals surface area contributed by atoms with E-state index >= 15 is 0 Å².